The van der Waals surface area contributed by atoms with Crippen molar-refractivity contribution < 1.29 is 18.8 Å². The number of hydrogen-bond acceptors (Lipinski definition) is 5. The van der Waals surface area contributed by atoms with Gasteiger partial charge in [0, 0.05) is 12.3 Å². The molecule has 7 heteroatoms. The molecular formula is C13H15N3O4. The van der Waals surface area contributed by atoms with Gasteiger partial charge >= 0.3 is 5.97 Å². The van der Waals surface area contributed by atoms with Crippen LogP contribution in [0.2, 0.25) is 0 Å². The predicted molar refractivity (Wildman–Crippen MR) is 70.3 cm³/mol. The van der Waals surface area contributed by atoms with E-state index in [0.717, 1.165) is 0 Å². The molecule has 0 aliphatic rings. The highest BCUT2D eigenvalue weighted by molar-refractivity contribution is 5.94. The predicted octanol–water partition coefficient (Wildman–Crippen LogP) is 1.67. The summed E-state index contributed by atoms with van der Waals surface area (Å²) in [5, 5.41) is 6.39. The molecule has 0 aromatic carbocycles. The van der Waals surface area contributed by atoms with Gasteiger partial charge in [-0.15, -0.1) is 0 Å². The average Bonchev–Trinajstić information content (AvgIpc) is 2.99. The zero-order valence-electron chi connectivity index (χ0n) is 11.2. The number of hydrogen-bond donors (Lipinski definition) is 2. The summed E-state index contributed by atoms with van der Waals surface area (Å²) in [6.45, 7) is 3.78. The van der Waals surface area contributed by atoms with E-state index in [4.69, 9.17) is 9.26 Å². The van der Waals surface area contributed by atoms with E-state index in [0.29, 0.717) is 29.4 Å². The van der Waals surface area contributed by atoms with Gasteiger partial charge in [0.2, 0.25) is 5.91 Å². The molecule has 2 rings (SSSR count). The van der Waals surface area contributed by atoms with Crippen LogP contribution in [0.4, 0.5) is 5.69 Å². The second kappa shape index (κ2) is 6.05. The lowest BCUT2D eigenvalue weighted by atomic mass is 10.3. The third kappa shape index (κ3) is 3.47. The van der Waals surface area contributed by atoms with Gasteiger partial charge in [-0.05, 0) is 19.9 Å². The van der Waals surface area contributed by atoms with Crippen molar-refractivity contribution in [3.63, 3.8) is 0 Å². The number of amides is 1. The Labute approximate surface area is 115 Å². The highest BCUT2D eigenvalue weighted by atomic mass is 16.5. The number of nitrogens with zero attached hydrogens (tertiary/aromatic N) is 1. The maximum absolute atomic E-state index is 11.8. The molecule has 20 heavy (non-hydrogen) atoms. The SMILES string of the molecule is CCOC(=O)c1cc(NC(=O)Cc2cc(C)on2)c[nH]1. The van der Waals surface area contributed by atoms with Gasteiger partial charge < -0.3 is 19.6 Å². The molecule has 0 aliphatic carbocycles. The van der Waals surface area contributed by atoms with E-state index in [9.17, 15) is 9.59 Å². The van der Waals surface area contributed by atoms with Gasteiger partial charge in [0.1, 0.15) is 11.5 Å². The quantitative estimate of drug-likeness (QED) is 0.810. The second-order valence-electron chi connectivity index (χ2n) is 4.18. The third-order valence-electron chi connectivity index (χ3n) is 2.48. The Bertz CT molecular complexity index is 615. The number of esters is 1. The zero-order chi connectivity index (χ0) is 14.5. The van der Waals surface area contributed by atoms with Crippen LogP contribution >= 0.6 is 0 Å². The van der Waals surface area contributed by atoms with Gasteiger partial charge in [-0.2, -0.15) is 0 Å². The molecule has 1 amide bonds. The first-order valence-corrected chi connectivity index (χ1v) is 6.16. The van der Waals surface area contributed by atoms with Crippen LogP contribution in [-0.2, 0) is 16.0 Å². The molecule has 2 aromatic heterocycles. The van der Waals surface area contributed by atoms with E-state index in [1.165, 1.54) is 12.3 Å². The molecular weight excluding hydrogens is 262 g/mol. The monoisotopic (exact) mass is 277 g/mol. The number of nitrogens with one attached hydrogen (secondary N) is 2. The first kappa shape index (κ1) is 13.9. The van der Waals surface area contributed by atoms with Gasteiger partial charge in [-0.3, -0.25) is 4.79 Å². The number of H-pyrrole nitrogens is 1. The van der Waals surface area contributed by atoms with E-state index in [1.807, 2.05) is 0 Å². The minimum Gasteiger partial charge on any atom is -0.461 e. The molecule has 106 valence electrons. The van der Waals surface area contributed by atoms with Crippen molar-refractivity contribution in [2.45, 2.75) is 20.3 Å². The third-order valence-corrected chi connectivity index (χ3v) is 2.48. The van der Waals surface area contributed by atoms with E-state index in [1.54, 1.807) is 19.9 Å². The Morgan fingerprint density at radius 1 is 1.45 bits per heavy atom. The molecule has 0 bridgehead atoms. The summed E-state index contributed by atoms with van der Waals surface area (Å²) in [7, 11) is 0. The number of aromatic nitrogens is 2. The molecule has 0 radical (unpaired) electrons. The normalized spacial score (nSPS) is 10.3. The lowest BCUT2D eigenvalue weighted by molar-refractivity contribution is -0.115. The number of rotatable bonds is 5. The molecule has 0 saturated carbocycles. The van der Waals surface area contributed by atoms with Crippen LogP contribution in [0.1, 0.15) is 28.9 Å². The Kier molecular flexibility index (Phi) is 4.19. The van der Waals surface area contributed by atoms with Crippen molar-refractivity contribution in [3.8, 4) is 0 Å². The van der Waals surface area contributed by atoms with Crippen molar-refractivity contribution in [2.75, 3.05) is 11.9 Å². The van der Waals surface area contributed by atoms with Crippen molar-refractivity contribution in [2.24, 2.45) is 0 Å². The average molecular weight is 277 g/mol. The molecule has 0 fully saturated rings. The standard InChI is InChI=1S/C13H15N3O4/c1-3-19-13(18)11-5-10(7-14-11)15-12(17)6-9-4-8(2)20-16-9/h4-5,7,14H,3,6H2,1-2H3,(H,15,17). The van der Waals surface area contributed by atoms with Crippen molar-refractivity contribution in [1.29, 1.82) is 0 Å². The van der Waals surface area contributed by atoms with E-state index in [2.05, 4.69) is 15.5 Å². The first-order chi connectivity index (χ1) is 9.58. The summed E-state index contributed by atoms with van der Waals surface area (Å²) >= 11 is 0. The maximum atomic E-state index is 11.8. The number of carbonyl (C=O) groups is 2. The lowest BCUT2D eigenvalue weighted by Crippen LogP contribution is -2.14. The number of ether oxygens (including phenoxy) is 1. The van der Waals surface area contributed by atoms with E-state index in [-0.39, 0.29) is 12.3 Å². The van der Waals surface area contributed by atoms with Crippen molar-refractivity contribution in [3.05, 3.63) is 35.5 Å². The highest BCUT2D eigenvalue weighted by Crippen LogP contribution is 2.11. The fourth-order valence-electron chi connectivity index (χ4n) is 1.66. The fourth-order valence-corrected chi connectivity index (χ4v) is 1.66. The van der Waals surface area contributed by atoms with E-state index >= 15 is 0 Å². The molecule has 7 nitrogen and oxygen atoms in total. The summed E-state index contributed by atoms with van der Waals surface area (Å²) in [6.07, 6.45) is 1.63. The summed E-state index contributed by atoms with van der Waals surface area (Å²) in [6, 6.07) is 3.21. The number of carbonyl (C=O) groups excluding carboxylic acids is 2. The Hall–Kier alpha value is -2.57. The van der Waals surface area contributed by atoms with Gasteiger partial charge in [0.25, 0.3) is 0 Å². The number of aromatic amines is 1. The van der Waals surface area contributed by atoms with Gasteiger partial charge in [-0.1, -0.05) is 5.16 Å². The highest BCUT2D eigenvalue weighted by Gasteiger charge is 2.12. The molecule has 0 unspecified atom stereocenters. The lowest BCUT2D eigenvalue weighted by Gasteiger charge is -1.99. The summed E-state index contributed by atoms with van der Waals surface area (Å²) in [5.41, 5.74) is 1.35. The van der Waals surface area contributed by atoms with Gasteiger partial charge in [-0.25, -0.2) is 4.79 Å². The molecule has 2 N–H and O–H groups in total. The summed E-state index contributed by atoms with van der Waals surface area (Å²) in [4.78, 5) is 26.0. The molecule has 0 aliphatic heterocycles. The largest absolute Gasteiger partial charge is 0.461 e. The van der Waals surface area contributed by atoms with E-state index < -0.39 is 5.97 Å². The molecule has 0 atom stereocenters. The van der Waals surface area contributed by atoms with Crippen LogP contribution in [0.25, 0.3) is 0 Å². The van der Waals surface area contributed by atoms with Crippen molar-refractivity contribution in [1.82, 2.24) is 10.1 Å². The Balaban J connectivity index is 1.93. The maximum Gasteiger partial charge on any atom is 0.354 e. The summed E-state index contributed by atoms with van der Waals surface area (Å²) < 4.78 is 9.72. The van der Waals surface area contributed by atoms with Crippen LogP contribution in [0.5, 0.6) is 0 Å². The van der Waals surface area contributed by atoms with Crippen LogP contribution < -0.4 is 5.32 Å². The van der Waals surface area contributed by atoms with Gasteiger partial charge in [0.15, 0.2) is 0 Å². The molecule has 0 spiro atoms. The second-order valence-corrected chi connectivity index (χ2v) is 4.18. The Morgan fingerprint density at radius 2 is 2.25 bits per heavy atom. The Morgan fingerprint density at radius 3 is 2.90 bits per heavy atom. The zero-order valence-corrected chi connectivity index (χ0v) is 11.2. The minimum atomic E-state index is -0.458. The fraction of sp³-hybridized carbons (Fsp3) is 0.308. The van der Waals surface area contributed by atoms with Crippen LogP contribution in [0, 0.1) is 6.92 Å². The molecule has 2 aromatic rings. The molecule has 2 heterocycles. The van der Waals surface area contributed by atoms with Crippen LogP contribution in [0.3, 0.4) is 0 Å². The van der Waals surface area contributed by atoms with Crippen molar-refractivity contribution >= 4 is 17.6 Å². The summed E-state index contributed by atoms with van der Waals surface area (Å²) in [5.74, 6) is -0.0492. The molecule has 0 saturated heterocycles. The smallest absolute Gasteiger partial charge is 0.354 e. The topological polar surface area (TPSA) is 97.2 Å². The van der Waals surface area contributed by atoms with Gasteiger partial charge in [0.05, 0.1) is 24.4 Å². The number of aryl methyl sites for hydroxylation is 1. The first-order valence-electron chi connectivity index (χ1n) is 6.16. The van der Waals surface area contributed by atoms with Crippen LogP contribution in [0.15, 0.2) is 22.9 Å². The minimum absolute atomic E-state index is 0.108. The number of anilines is 1. The van der Waals surface area contributed by atoms with Crippen LogP contribution in [-0.4, -0.2) is 28.6 Å².